The monoisotopic (exact) mass is 296 g/mol. The van der Waals surface area contributed by atoms with Gasteiger partial charge in [0.2, 0.25) is 15.9 Å². The van der Waals surface area contributed by atoms with Crippen LogP contribution in [-0.4, -0.2) is 37.5 Å². The number of likely N-dealkylation sites (N-methyl/N-ethyl adjacent to an activating group) is 1. The molecule has 1 heterocycles. The van der Waals surface area contributed by atoms with Gasteiger partial charge >= 0.3 is 0 Å². The van der Waals surface area contributed by atoms with Crippen LogP contribution in [0.1, 0.15) is 23.1 Å². The van der Waals surface area contributed by atoms with Gasteiger partial charge in [-0.15, -0.1) is 0 Å². The van der Waals surface area contributed by atoms with Gasteiger partial charge in [-0.3, -0.25) is 4.79 Å². The molecule has 1 aliphatic heterocycles. The Labute approximate surface area is 120 Å². The first-order valence-corrected chi connectivity index (χ1v) is 8.22. The second kappa shape index (κ2) is 5.54. The Balaban J connectivity index is 2.02. The van der Waals surface area contributed by atoms with Gasteiger partial charge in [0.15, 0.2) is 0 Å². The normalized spacial score (nSPS) is 21.9. The predicted octanol–water partition coefficient (Wildman–Crippen LogP) is 0.954. The van der Waals surface area contributed by atoms with Crippen molar-refractivity contribution in [2.75, 3.05) is 12.8 Å². The Hall–Kier alpha value is -1.40. The molecule has 20 heavy (non-hydrogen) atoms. The summed E-state index contributed by atoms with van der Waals surface area (Å²) in [6, 6.07) is 5.37. The number of nitrogens with zero attached hydrogens (tertiary/aromatic N) is 1. The van der Waals surface area contributed by atoms with Gasteiger partial charge in [0.05, 0.1) is 5.75 Å². The summed E-state index contributed by atoms with van der Waals surface area (Å²) in [5.74, 6) is -0.181. The van der Waals surface area contributed by atoms with Crippen LogP contribution in [0.15, 0.2) is 18.2 Å². The Morgan fingerprint density at radius 2 is 2.10 bits per heavy atom. The lowest BCUT2D eigenvalue weighted by Crippen LogP contribution is -2.42. The second-order valence-corrected chi connectivity index (χ2v) is 7.36. The van der Waals surface area contributed by atoms with E-state index in [1.807, 2.05) is 32.0 Å². The fourth-order valence-corrected chi connectivity index (χ4v) is 3.78. The lowest BCUT2D eigenvalue weighted by Gasteiger charge is -2.18. The van der Waals surface area contributed by atoms with Gasteiger partial charge in [0.25, 0.3) is 0 Å². The molecule has 1 unspecified atom stereocenters. The van der Waals surface area contributed by atoms with E-state index in [1.165, 1.54) is 16.9 Å². The maximum Gasteiger partial charge on any atom is 0.238 e. The maximum absolute atomic E-state index is 12.1. The third-order valence-electron chi connectivity index (χ3n) is 4.00. The van der Waals surface area contributed by atoms with E-state index < -0.39 is 16.1 Å². The van der Waals surface area contributed by atoms with Crippen molar-refractivity contribution in [2.45, 2.75) is 32.9 Å². The molecule has 1 amide bonds. The molecule has 1 aromatic rings. The first-order chi connectivity index (χ1) is 9.33. The van der Waals surface area contributed by atoms with Crippen LogP contribution in [0, 0.1) is 13.8 Å². The molecule has 1 N–H and O–H groups in total. The Kier molecular flexibility index (Phi) is 4.15. The number of hydrogen-bond donors (Lipinski definition) is 1. The molecule has 0 bridgehead atoms. The Morgan fingerprint density at radius 1 is 1.40 bits per heavy atom. The third-order valence-corrected chi connectivity index (χ3v) is 5.88. The second-order valence-electron chi connectivity index (χ2n) is 5.21. The van der Waals surface area contributed by atoms with Gasteiger partial charge in [-0.05, 0) is 37.0 Å². The number of carbonyl (C=O) groups excluding carboxylic acids is 1. The fourth-order valence-electron chi connectivity index (χ4n) is 2.38. The summed E-state index contributed by atoms with van der Waals surface area (Å²) in [7, 11) is -1.78. The molecule has 0 spiro atoms. The van der Waals surface area contributed by atoms with E-state index in [1.54, 1.807) is 0 Å². The molecule has 0 radical (unpaired) electrons. The van der Waals surface area contributed by atoms with Crippen molar-refractivity contribution in [3.63, 3.8) is 0 Å². The highest BCUT2D eigenvalue weighted by Crippen LogP contribution is 2.19. The van der Waals surface area contributed by atoms with Crippen molar-refractivity contribution in [1.29, 1.82) is 0 Å². The molecule has 2 rings (SSSR count). The number of nitrogens with one attached hydrogen (secondary N) is 1. The number of rotatable bonds is 3. The standard InChI is InChI=1S/C14H20N2O3S/c1-10-5-4-6-12(11(10)2)9-15-14(17)13-7-8-20(18,19)16(13)3/h4-6,13H,7-9H2,1-3H3,(H,15,17). The minimum Gasteiger partial charge on any atom is -0.351 e. The molecule has 110 valence electrons. The zero-order chi connectivity index (χ0) is 14.9. The van der Waals surface area contributed by atoms with Gasteiger partial charge in [0, 0.05) is 13.6 Å². The van der Waals surface area contributed by atoms with Crippen LogP contribution in [-0.2, 0) is 21.4 Å². The van der Waals surface area contributed by atoms with Gasteiger partial charge in [-0.1, -0.05) is 18.2 Å². The first kappa shape index (κ1) is 15.0. The molecule has 1 atom stereocenters. The molecular formula is C14H20N2O3S. The Bertz CT molecular complexity index is 625. The van der Waals surface area contributed by atoms with Crippen molar-refractivity contribution in [3.8, 4) is 0 Å². The van der Waals surface area contributed by atoms with Crippen LogP contribution >= 0.6 is 0 Å². The smallest absolute Gasteiger partial charge is 0.238 e. The molecule has 5 nitrogen and oxygen atoms in total. The summed E-state index contributed by atoms with van der Waals surface area (Å²) in [5.41, 5.74) is 3.39. The minimum absolute atomic E-state index is 0.0467. The number of amides is 1. The number of hydrogen-bond acceptors (Lipinski definition) is 3. The number of benzene rings is 1. The van der Waals surface area contributed by atoms with Gasteiger partial charge in [-0.2, -0.15) is 4.31 Å². The number of sulfonamides is 1. The lowest BCUT2D eigenvalue weighted by molar-refractivity contribution is -0.124. The molecular weight excluding hydrogens is 276 g/mol. The molecule has 1 fully saturated rings. The average Bonchev–Trinajstić information content (AvgIpc) is 2.66. The van der Waals surface area contributed by atoms with Crippen molar-refractivity contribution in [2.24, 2.45) is 0 Å². The third kappa shape index (κ3) is 2.86. The molecule has 1 saturated heterocycles. The molecule has 0 aromatic heterocycles. The van der Waals surface area contributed by atoms with Crippen molar-refractivity contribution in [1.82, 2.24) is 9.62 Å². The van der Waals surface area contributed by atoms with E-state index in [-0.39, 0.29) is 11.7 Å². The maximum atomic E-state index is 12.1. The molecule has 1 aromatic carbocycles. The summed E-state index contributed by atoms with van der Waals surface area (Å²) in [4.78, 5) is 12.1. The van der Waals surface area contributed by atoms with E-state index >= 15 is 0 Å². The van der Waals surface area contributed by atoms with E-state index in [0.29, 0.717) is 13.0 Å². The summed E-state index contributed by atoms with van der Waals surface area (Å²) in [6.07, 6.45) is 0.359. The summed E-state index contributed by atoms with van der Waals surface area (Å²) < 4.78 is 24.4. The van der Waals surface area contributed by atoms with E-state index in [2.05, 4.69) is 5.32 Å². The number of carbonyl (C=O) groups is 1. The van der Waals surface area contributed by atoms with Crippen LogP contribution in [0.3, 0.4) is 0 Å². The van der Waals surface area contributed by atoms with Gasteiger partial charge in [-0.25, -0.2) is 8.42 Å². The predicted molar refractivity (Wildman–Crippen MR) is 77.7 cm³/mol. The van der Waals surface area contributed by atoms with Crippen LogP contribution in [0.25, 0.3) is 0 Å². The average molecular weight is 296 g/mol. The zero-order valence-electron chi connectivity index (χ0n) is 12.0. The largest absolute Gasteiger partial charge is 0.351 e. The van der Waals surface area contributed by atoms with Crippen LogP contribution in [0.4, 0.5) is 0 Å². The fraction of sp³-hybridized carbons (Fsp3) is 0.500. The van der Waals surface area contributed by atoms with E-state index in [4.69, 9.17) is 0 Å². The highest BCUT2D eigenvalue weighted by molar-refractivity contribution is 7.89. The topological polar surface area (TPSA) is 66.5 Å². The van der Waals surface area contributed by atoms with Gasteiger partial charge < -0.3 is 5.32 Å². The van der Waals surface area contributed by atoms with Crippen molar-refractivity contribution in [3.05, 3.63) is 34.9 Å². The SMILES string of the molecule is Cc1cccc(CNC(=O)C2CCS(=O)(=O)N2C)c1C. The Morgan fingerprint density at radius 3 is 2.70 bits per heavy atom. The molecule has 0 aliphatic carbocycles. The van der Waals surface area contributed by atoms with Crippen molar-refractivity contribution < 1.29 is 13.2 Å². The summed E-state index contributed by atoms with van der Waals surface area (Å²) in [5, 5.41) is 2.83. The highest BCUT2D eigenvalue weighted by atomic mass is 32.2. The minimum atomic E-state index is -3.24. The van der Waals surface area contributed by atoms with Gasteiger partial charge in [0.1, 0.15) is 6.04 Å². The lowest BCUT2D eigenvalue weighted by atomic mass is 10.0. The first-order valence-electron chi connectivity index (χ1n) is 6.61. The quantitative estimate of drug-likeness (QED) is 0.903. The van der Waals surface area contributed by atoms with Crippen LogP contribution in [0.5, 0.6) is 0 Å². The summed E-state index contributed by atoms with van der Waals surface area (Å²) in [6.45, 7) is 4.47. The zero-order valence-corrected chi connectivity index (χ0v) is 12.8. The van der Waals surface area contributed by atoms with E-state index in [0.717, 1.165) is 11.1 Å². The van der Waals surface area contributed by atoms with Crippen LogP contribution in [0.2, 0.25) is 0 Å². The molecule has 0 saturated carbocycles. The van der Waals surface area contributed by atoms with Crippen molar-refractivity contribution >= 4 is 15.9 Å². The highest BCUT2D eigenvalue weighted by Gasteiger charge is 2.38. The number of aryl methyl sites for hydroxylation is 1. The molecule has 6 heteroatoms. The summed E-state index contributed by atoms with van der Waals surface area (Å²) >= 11 is 0. The molecule has 1 aliphatic rings. The van der Waals surface area contributed by atoms with Crippen LogP contribution < -0.4 is 5.32 Å². The van der Waals surface area contributed by atoms with E-state index in [9.17, 15) is 13.2 Å².